The SMILES string of the molecule is CCNC(=NCCN1CCCC(C)C1)NCCc1ccco1.I. The monoisotopic (exact) mass is 434 g/mol. The molecule has 0 saturated carbocycles. The maximum atomic E-state index is 5.34. The van der Waals surface area contributed by atoms with Gasteiger partial charge < -0.3 is 20.0 Å². The summed E-state index contributed by atoms with van der Waals surface area (Å²) in [6.45, 7) is 10.5. The fourth-order valence-electron chi connectivity index (χ4n) is 2.89. The molecular weight excluding hydrogens is 403 g/mol. The normalized spacial score (nSPS) is 19.2. The van der Waals surface area contributed by atoms with E-state index in [9.17, 15) is 0 Å². The van der Waals surface area contributed by atoms with Crippen molar-refractivity contribution in [2.45, 2.75) is 33.1 Å². The number of halogens is 1. The molecule has 1 aromatic heterocycles. The lowest BCUT2D eigenvalue weighted by Crippen LogP contribution is -2.40. The summed E-state index contributed by atoms with van der Waals surface area (Å²) in [7, 11) is 0. The number of hydrogen-bond acceptors (Lipinski definition) is 3. The van der Waals surface area contributed by atoms with Gasteiger partial charge in [0.2, 0.25) is 0 Å². The molecule has 1 fully saturated rings. The van der Waals surface area contributed by atoms with E-state index in [-0.39, 0.29) is 24.0 Å². The molecule has 2 heterocycles. The molecule has 0 spiro atoms. The molecule has 0 bridgehead atoms. The number of piperidine rings is 1. The minimum absolute atomic E-state index is 0. The van der Waals surface area contributed by atoms with E-state index in [0.717, 1.165) is 50.2 Å². The Hall–Kier alpha value is -0.760. The van der Waals surface area contributed by atoms with Gasteiger partial charge in [-0.1, -0.05) is 6.92 Å². The van der Waals surface area contributed by atoms with Crippen LogP contribution in [-0.4, -0.2) is 50.1 Å². The highest BCUT2D eigenvalue weighted by Gasteiger charge is 2.15. The Bertz CT molecular complexity index is 436. The van der Waals surface area contributed by atoms with E-state index in [2.05, 4.69) is 34.4 Å². The molecule has 132 valence electrons. The number of nitrogens with one attached hydrogen (secondary N) is 2. The zero-order chi connectivity index (χ0) is 15.6. The van der Waals surface area contributed by atoms with Crippen LogP contribution in [0.15, 0.2) is 27.8 Å². The van der Waals surface area contributed by atoms with Gasteiger partial charge in [-0.15, -0.1) is 24.0 Å². The van der Waals surface area contributed by atoms with Crippen molar-refractivity contribution >= 4 is 29.9 Å². The standard InChI is InChI=1S/C17H30N4O.HI/c1-3-18-17(19-9-8-16-7-5-13-22-16)20-10-12-21-11-4-6-15(2)14-21;/h5,7,13,15H,3-4,6,8-12,14H2,1-2H3,(H2,18,19,20);1H. The first kappa shape index (κ1) is 20.3. The lowest BCUT2D eigenvalue weighted by atomic mass is 10.0. The Morgan fingerprint density at radius 2 is 2.30 bits per heavy atom. The van der Waals surface area contributed by atoms with Crippen LogP contribution in [-0.2, 0) is 6.42 Å². The Balaban J connectivity index is 0.00000264. The van der Waals surface area contributed by atoms with Gasteiger partial charge in [0.15, 0.2) is 5.96 Å². The molecule has 23 heavy (non-hydrogen) atoms. The minimum atomic E-state index is 0. The second-order valence-electron chi connectivity index (χ2n) is 6.06. The topological polar surface area (TPSA) is 52.8 Å². The average Bonchev–Trinajstić information content (AvgIpc) is 3.01. The summed E-state index contributed by atoms with van der Waals surface area (Å²) >= 11 is 0. The van der Waals surface area contributed by atoms with Gasteiger partial charge in [0, 0.05) is 32.6 Å². The van der Waals surface area contributed by atoms with Crippen LogP contribution in [0.4, 0.5) is 0 Å². The van der Waals surface area contributed by atoms with Gasteiger partial charge in [0.05, 0.1) is 12.8 Å². The van der Waals surface area contributed by atoms with E-state index >= 15 is 0 Å². The van der Waals surface area contributed by atoms with Crippen molar-refractivity contribution in [2.24, 2.45) is 10.9 Å². The molecule has 6 heteroatoms. The first-order chi connectivity index (χ1) is 10.8. The first-order valence-corrected chi connectivity index (χ1v) is 8.55. The Labute approximate surface area is 157 Å². The van der Waals surface area contributed by atoms with Crippen LogP contribution in [0.3, 0.4) is 0 Å². The number of hydrogen-bond donors (Lipinski definition) is 2. The second-order valence-corrected chi connectivity index (χ2v) is 6.06. The fourth-order valence-corrected chi connectivity index (χ4v) is 2.89. The zero-order valence-electron chi connectivity index (χ0n) is 14.4. The lowest BCUT2D eigenvalue weighted by Gasteiger charge is -2.30. The highest BCUT2D eigenvalue weighted by Crippen LogP contribution is 2.14. The Morgan fingerprint density at radius 3 is 3.00 bits per heavy atom. The molecule has 5 nitrogen and oxygen atoms in total. The second kappa shape index (κ2) is 11.7. The van der Waals surface area contributed by atoms with Crippen LogP contribution in [0.25, 0.3) is 0 Å². The van der Waals surface area contributed by atoms with Crippen molar-refractivity contribution in [3.8, 4) is 0 Å². The average molecular weight is 434 g/mol. The summed E-state index contributed by atoms with van der Waals surface area (Å²) < 4.78 is 5.34. The smallest absolute Gasteiger partial charge is 0.191 e. The van der Waals surface area contributed by atoms with Crippen LogP contribution >= 0.6 is 24.0 Å². The first-order valence-electron chi connectivity index (χ1n) is 8.55. The van der Waals surface area contributed by atoms with Crippen molar-refractivity contribution in [1.82, 2.24) is 15.5 Å². The Kier molecular flexibility index (Phi) is 10.3. The van der Waals surface area contributed by atoms with E-state index in [4.69, 9.17) is 4.42 Å². The number of aliphatic imine (C=N–C) groups is 1. The summed E-state index contributed by atoms with van der Waals surface area (Å²) in [6.07, 6.45) is 5.29. The van der Waals surface area contributed by atoms with Crippen molar-refractivity contribution in [1.29, 1.82) is 0 Å². The summed E-state index contributed by atoms with van der Waals surface area (Å²) in [5, 5.41) is 6.66. The van der Waals surface area contributed by atoms with Crippen molar-refractivity contribution < 1.29 is 4.42 Å². The third kappa shape index (κ3) is 8.06. The molecule has 0 radical (unpaired) electrons. The number of furan rings is 1. The Morgan fingerprint density at radius 1 is 1.43 bits per heavy atom. The third-order valence-corrected chi connectivity index (χ3v) is 4.02. The molecule has 0 aliphatic carbocycles. The number of rotatable bonds is 7. The third-order valence-electron chi connectivity index (χ3n) is 4.02. The van der Waals surface area contributed by atoms with Gasteiger partial charge >= 0.3 is 0 Å². The van der Waals surface area contributed by atoms with Crippen molar-refractivity contribution in [3.63, 3.8) is 0 Å². The summed E-state index contributed by atoms with van der Waals surface area (Å²) in [5.41, 5.74) is 0. The molecule has 2 N–H and O–H groups in total. The molecule has 1 aliphatic rings. The molecule has 1 aliphatic heterocycles. The van der Waals surface area contributed by atoms with Gasteiger partial charge in [-0.2, -0.15) is 0 Å². The molecule has 1 saturated heterocycles. The summed E-state index contributed by atoms with van der Waals surface area (Å²) in [4.78, 5) is 7.21. The molecule has 1 unspecified atom stereocenters. The highest BCUT2D eigenvalue weighted by molar-refractivity contribution is 14.0. The summed E-state index contributed by atoms with van der Waals surface area (Å²) in [5.74, 6) is 2.74. The minimum Gasteiger partial charge on any atom is -0.469 e. The quantitative estimate of drug-likeness (QED) is 0.394. The van der Waals surface area contributed by atoms with Gasteiger partial charge in [0.1, 0.15) is 5.76 Å². The van der Waals surface area contributed by atoms with Crippen LogP contribution in [0, 0.1) is 5.92 Å². The highest BCUT2D eigenvalue weighted by atomic mass is 127. The maximum absolute atomic E-state index is 5.34. The van der Waals surface area contributed by atoms with Crippen LogP contribution in [0.1, 0.15) is 32.4 Å². The zero-order valence-corrected chi connectivity index (χ0v) is 16.7. The molecule has 0 aromatic carbocycles. The van der Waals surface area contributed by atoms with Crippen LogP contribution in [0.2, 0.25) is 0 Å². The molecule has 1 aromatic rings. The van der Waals surface area contributed by atoms with Gasteiger partial charge in [-0.05, 0) is 44.4 Å². The fraction of sp³-hybridized carbons (Fsp3) is 0.706. The van der Waals surface area contributed by atoms with Gasteiger partial charge in [0.25, 0.3) is 0 Å². The van der Waals surface area contributed by atoms with Gasteiger partial charge in [-0.25, -0.2) is 0 Å². The number of guanidine groups is 1. The van der Waals surface area contributed by atoms with Crippen molar-refractivity contribution in [2.75, 3.05) is 39.3 Å². The number of likely N-dealkylation sites (tertiary alicyclic amines) is 1. The number of nitrogens with zero attached hydrogens (tertiary/aromatic N) is 2. The van der Waals surface area contributed by atoms with E-state index in [0.29, 0.717) is 0 Å². The molecule has 1 atom stereocenters. The lowest BCUT2D eigenvalue weighted by molar-refractivity contribution is 0.189. The molecular formula is C17H31IN4O. The maximum Gasteiger partial charge on any atom is 0.191 e. The largest absolute Gasteiger partial charge is 0.469 e. The van der Waals surface area contributed by atoms with E-state index in [1.807, 2.05) is 12.1 Å². The van der Waals surface area contributed by atoms with E-state index in [1.54, 1.807) is 6.26 Å². The molecule has 0 amide bonds. The molecule has 2 rings (SSSR count). The predicted octanol–water partition coefficient (Wildman–Crippen LogP) is 2.73. The van der Waals surface area contributed by atoms with Crippen molar-refractivity contribution in [3.05, 3.63) is 24.2 Å². The van der Waals surface area contributed by atoms with E-state index in [1.165, 1.54) is 25.9 Å². The van der Waals surface area contributed by atoms with Gasteiger partial charge in [-0.3, -0.25) is 4.99 Å². The summed E-state index contributed by atoms with van der Waals surface area (Å²) in [6, 6.07) is 3.93. The predicted molar refractivity (Wildman–Crippen MR) is 107 cm³/mol. The van der Waals surface area contributed by atoms with E-state index < -0.39 is 0 Å². The van der Waals surface area contributed by atoms with Crippen LogP contribution < -0.4 is 10.6 Å². The van der Waals surface area contributed by atoms with Crippen LogP contribution in [0.5, 0.6) is 0 Å².